The Morgan fingerprint density at radius 2 is 1.83 bits per heavy atom. The number of aromatic nitrogens is 2. The molecular weight excluding hydrogens is 246 g/mol. The molecule has 94 valence electrons. The van der Waals surface area contributed by atoms with Crippen LogP contribution in [-0.2, 0) is 6.42 Å². The van der Waals surface area contributed by atoms with Gasteiger partial charge >= 0.3 is 0 Å². The van der Waals surface area contributed by atoms with Crippen LogP contribution < -0.4 is 5.32 Å². The highest BCUT2D eigenvalue weighted by atomic mass is 35.5. The van der Waals surface area contributed by atoms with Gasteiger partial charge in [-0.15, -0.1) is 0 Å². The van der Waals surface area contributed by atoms with Crippen LogP contribution in [0.2, 0.25) is 5.28 Å². The predicted octanol–water partition coefficient (Wildman–Crippen LogP) is 3.40. The van der Waals surface area contributed by atoms with Gasteiger partial charge in [0.15, 0.2) is 0 Å². The van der Waals surface area contributed by atoms with E-state index in [1.54, 1.807) is 0 Å². The molecule has 0 radical (unpaired) electrons. The van der Waals surface area contributed by atoms with E-state index in [0.717, 1.165) is 30.0 Å². The highest BCUT2D eigenvalue weighted by Crippen LogP contribution is 2.16. The summed E-state index contributed by atoms with van der Waals surface area (Å²) in [6.45, 7) is 4.76. The maximum atomic E-state index is 5.86. The number of anilines is 1. The molecule has 0 aliphatic carbocycles. The Balaban J connectivity index is 1.99. The van der Waals surface area contributed by atoms with Gasteiger partial charge in [0.05, 0.1) is 0 Å². The van der Waals surface area contributed by atoms with E-state index in [0.29, 0.717) is 5.28 Å². The molecule has 2 aromatic rings. The molecule has 0 saturated heterocycles. The molecule has 1 heterocycles. The standard InChI is InChI=1S/C14H16ClN3/c1-10-11(2)17-14(15)18-13(10)16-9-8-12-6-4-3-5-7-12/h3-7H,8-9H2,1-2H3,(H,16,17,18). The van der Waals surface area contributed by atoms with Crippen LogP contribution in [0.25, 0.3) is 0 Å². The SMILES string of the molecule is Cc1nc(Cl)nc(NCCc2ccccc2)c1C. The van der Waals surface area contributed by atoms with Crippen molar-refractivity contribution in [3.63, 3.8) is 0 Å². The molecule has 1 aromatic carbocycles. The minimum atomic E-state index is 0.292. The van der Waals surface area contributed by atoms with E-state index in [1.165, 1.54) is 5.56 Å². The lowest BCUT2D eigenvalue weighted by Crippen LogP contribution is -2.09. The van der Waals surface area contributed by atoms with Crippen molar-refractivity contribution in [1.82, 2.24) is 9.97 Å². The van der Waals surface area contributed by atoms with Crippen LogP contribution in [0.5, 0.6) is 0 Å². The average molecular weight is 262 g/mol. The first-order valence-corrected chi connectivity index (χ1v) is 6.33. The zero-order chi connectivity index (χ0) is 13.0. The Morgan fingerprint density at radius 3 is 2.56 bits per heavy atom. The summed E-state index contributed by atoms with van der Waals surface area (Å²) in [6.07, 6.45) is 0.959. The molecule has 4 heteroatoms. The average Bonchev–Trinajstić information content (AvgIpc) is 2.36. The number of nitrogens with one attached hydrogen (secondary N) is 1. The molecule has 0 amide bonds. The highest BCUT2D eigenvalue weighted by Gasteiger charge is 2.05. The van der Waals surface area contributed by atoms with Gasteiger partial charge in [0.2, 0.25) is 5.28 Å². The first-order chi connectivity index (χ1) is 8.66. The van der Waals surface area contributed by atoms with E-state index in [9.17, 15) is 0 Å². The van der Waals surface area contributed by atoms with Gasteiger partial charge in [-0.05, 0) is 37.4 Å². The minimum Gasteiger partial charge on any atom is -0.369 e. The number of benzene rings is 1. The van der Waals surface area contributed by atoms with Crippen LogP contribution in [0, 0.1) is 13.8 Å². The number of rotatable bonds is 4. The molecule has 0 aliphatic heterocycles. The second-order valence-electron chi connectivity index (χ2n) is 4.21. The number of hydrogen-bond donors (Lipinski definition) is 1. The van der Waals surface area contributed by atoms with Crippen molar-refractivity contribution in [1.29, 1.82) is 0 Å². The van der Waals surface area contributed by atoms with E-state index in [1.807, 2.05) is 32.0 Å². The smallest absolute Gasteiger partial charge is 0.224 e. The van der Waals surface area contributed by atoms with Crippen molar-refractivity contribution in [3.8, 4) is 0 Å². The van der Waals surface area contributed by atoms with Crippen LogP contribution in [0.15, 0.2) is 30.3 Å². The summed E-state index contributed by atoms with van der Waals surface area (Å²) in [4.78, 5) is 8.32. The second kappa shape index (κ2) is 5.83. The van der Waals surface area contributed by atoms with Crippen LogP contribution >= 0.6 is 11.6 Å². The molecule has 0 aliphatic rings. The third-order valence-electron chi connectivity index (χ3n) is 2.91. The summed E-state index contributed by atoms with van der Waals surface area (Å²) in [6, 6.07) is 10.4. The molecule has 0 spiro atoms. The number of halogens is 1. The zero-order valence-electron chi connectivity index (χ0n) is 10.6. The van der Waals surface area contributed by atoms with E-state index < -0.39 is 0 Å². The van der Waals surface area contributed by atoms with Crippen LogP contribution in [-0.4, -0.2) is 16.5 Å². The van der Waals surface area contributed by atoms with Crippen LogP contribution in [0.1, 0.15) is 16.8 Å². The molecular formula is C14H16ClN3. The fraction of sp³-hybridized carbons (Fsp3) is 0.286. The van der Waals surface area contributed by atoms with Crippen molar-refractivity contribution >= 4 is 17.4 Å². The zero-order valence-corrected chi connectivity index (χ0v) is 11.3. The maximum absolute atomic E-state index is 5.86. The fourth-order valence-electron chi connectivity index (χ4n) is 1.74. The molecule has 3 nitrogen and oxygen atoms in total. The predicted molar refractivity (Wildman–Crippen MR) is 75.2 cm³/mol. The summed E-state index contributed by atoms with van der Waals surface area (Å²) in [5.41, 5.74) is 3.27. The molecule has 1 aromatic heterocycles. The topological polar surface area (TPSA) is 37.8 Å². The Bertz CT molecular complexity index is 526. The molecule has 0 bridgehead atoms. The molecule has 0 saturated carbocycles. The monoisotopic (exact) mass is 261 g/mol. The van der Waals surface area contributed by atoms with Gasteiger partial charge in [-0.1, -0.05) is 30.3 Å². The lowest BCUT2D eigenvalue weighted by atomic mass is 10.1. The molecule has 0 fully saturated rings. The first kappa shape index (κ1) is 12.8. The minimum absolute atomic E-state index is 0.292. The molecule has 18 heavy (non-hydrogen) atoms. The number of aryl methyl sites for hydroxylation is 1. The first-order valence-electron chi connectivity index (χ1n) is 5.95. The normalized spacial score (nSPS) is 10.4. The summed E-state index contributed by atoms with van der Waals surface area (Å²) in [5.74, 6) is 0.823. The number of hydrogen-bond acceptors (Lipinski definition) is 3. The Labute approximate surface area is 112 Å². The van der Waals surface area contributed by atoms with Gasteiger partial charge in [0, 0.05) is 17.8 Å². The van der Waals surface area contributed by atoms with Crippen LogP contribution in [0.4, 0.5) is 5.82 Å². The molecule has 1 N–H and O–H groups in total. The number of nitrogens with zero attached hydrogens (tertiary/aromatic N) is 2. The lowest BCUT2D eigenvalue weighted by molar-refractivity contribution is 0.980. The fourth-order valence-corrected chi connectivity index (χ4v) is 1.95. The van der Waals surface area contributed by atoms with Gasteiger partial charge in [-0.2, -0.15) is 0 Å². The quantitative estimate of drug-likeness (QED) is 0.858. The summed E-state index contributed by atoms with van der Waals surface area (Å²) >= 11 is 5.86. The molecule has 0 atom stereocenters. The Hall–Kier alpha value is -1.61. The van der Waals surface area contributed by atoms with E-state index in [-0.39, 0.29) is 0 Å². The Kier molecular flexibility index (Phi) is 4.15. The van der Waals surface area contributed by atoms with Gasteiger partial charge in [-0.25, -0.2) is 9.97 Å². The van der Waals surface area contributed by atoms with E-state index in [4.69, 9.17) is 11.6 Å². The Morgan fingerprint density at radius 1 is 1.11 bits per heavy atom. The van der Waals surface area contributed by atoms with Crippen LogP contribution in [0.3, 0.4) is 0 Å². The van der Waals surface area contributed by atoms with Crippen molar-refractivity contribution in [2.24, 2.45) is 0 Å². The highest BCUT2D eigenvalue weighted by molar-refractivity contribution is 6.28. The van der Waals surface area contributed by atoms with Gasteiger partial charge in [0.1, 0.15) is 5.82 Å². The van der Waals surface area contributed by atoms with Gasteiger partial charge < -0.3 is 5.32 Å². The third-order valence-corrected chi connectivity index (χ3v) is 3.08. The summed E-state index contributed by atoms with van der Waals surface area (Å²) in [5, 5.41) is 3.60. The van der Waals surface area contributed by atoms with Crippen molar-refractivity contribution in [3.05, 3.63) is 52.4 Å². The third kappa shape index (κ3) is 3.20. The summed E-state index contributed by atoms with van der Waals surface area (Å²) < 4.78 is 0. The van der Waals surface area contributed by atoms with Crippen molar-refractivity contribution in [2.45, 2.75) is 20.3 Å². The van der Waals surface area contributed by atoms with E-state index in [2.05, 4.69) is 27.4 Å². The van der Waals surface area contributed by atoms with E-state index >= 15 is 0 Å². The molecule has 0 unspecified atom stereocenters. The summed E-state index contributed by atoms with van der Waals surface area (Å²) in [7, 11) is 0. The molecule has 2 rings (SSSR count). The van der Waals surface area contributed by atoms with Gasteiger partial charge in [-0.3, -0.25) is 0 Å². The van der Waals surface area contributed by atoms with Crippen molar-refractivity contribution in [2.75, 3.05) is 11.9 Å². The maximum Gasteiger partial charge on any atom is 0.224 e. The lowest BCUT2D eigenvalue weighted by Gasteiger charge is -2.10. The van der Waals surface area contributed by atoms with Gasteiger partial charge in [0.25, 0.3) is 0 Å². The largest absolute Gasteiger partial charge is 0.369 e. The van der Waals surface area contributed by atoms with Crippen molar-refractivity contribution < 1.29 is 0 Å². The second-order valence-corrected chi connectivity index (χ2v) is 4.55.